The Morgan fingerprint density at radius 3 is 2.52 bits per heavy atom. The molecule has 0 N–H and O–H groups in total. The first-order valence-corrected chi connectivity index (χ1v) is 8.47. The van der Waals surface area contributed by atoms with Crippen LogP contribution in [0.25, 0.3) is 0 Å². The van der Waals surface area contributed by atoms with Crippen molar-refractivity contribution in [3.8, 4) is 0 Å². The monoisotopic (exact) mass is 348 g/mol. The first-order valence-electron chi connectivity index (χ1n) is 8.47. The van der Waals surface area contributed by atoms with Crippen LogP contribution in [0.3, 0.4) is 0 Å². The van der Waals surface area contributed by atoms with E-state index in [1.54, 1.807) is 11.1 Å². The van der Waals surface area contributed by atoms with Crippen LogP contribution < -0.4 is 0 Å². The van der Waals surface area contributed by atoms with Gasteiger partial charge in [0.15, 0.2) is 17.5 Å². The van der Waals surface area contributed by atoms with Gasteiger partial charge in [-0.25, -0.2) is 13.8 Å². The largest absolute Gasteiger partial charge is 0.445 e. The molecule has 2 heterocycles. The summed E-state index contributed by atoms with van der Waals surface area (Å²) in [5, 5.41) is 0. The second kappa shape index (κ2) is 6.58. The lowest BCUT2D eigenvalue weighted by Gasteiger charge is -2.30. The van der Waals surface area contributed by atoms with Crippen molar-refractivity contribution in [2.75, 3.05) is 13.1 Å². The van der Waals surface area contributed by atoms with E-state index in [4.69, 9.17) is 4.42 Å². The number of amides is 1. The zero-order valence-electron chi connectivity index (χ0n) is 14.7. The van der Waals surface area contributed by atoms with Gasteiger partial charge in [0.2, 0.25) is 0 Å². The minimum atomic E-state index is -1.09. The topological polar surface area (TPSA) is 46.3 Å². The lowest BCUT2D eigenvalue weighted by Crippen LogP contribution is -2.38. The number of carbonyl (C=O) groups is 1. The van der Waals surface area contributed by atoms with E-state index in [0.29, 0.717) is 31.8 Å². The number of likely N-dealkylation sites (tertiary alicyclic amines) is 1. The number of hydrogen-bond donors (Lipinski definition) is 0. The van der Waals surface area contributed by atoms with Crippen molar-refractivity contribution in [3.63, 3.8) is 0 Å². The molecule has 1 aromatic carbocycles. The fraction of sp³-hybridized carbons (Fsp3) is 0.474. The van der Waals surface area contributed by atoms with Gasteiger partial charge in [0.05, 0.1) is 11.8 Å². The van der Waals surface area contributed by atoms with E-state index in [1.165, 1.54) is 12.1 Å². The molecule has 0 radical (unpaired) electrons. The highest BCUT2D eigenvalue weighted by atomic mass is 19.2. The molecule has 2 aromatic rings. The van der Waals surface area contributed by atoms with Gasteiger partial charge in [-0.05, 0) is 25.0 Å². The van der Waals surface area contributed by atoms with Gasteiger partial charge in [-0.3, -0.25) is 4.79 Å². The van der Waals surface area contributed by atoms with Gasteiger partial charge in [-0.1, -0.05) is 26.8 Å². The number of carbonyl (C=O) groups excluding carboxylic acids is 1. The summed E-state index contributed by atoms with van der Waals surface area (Å²) in [5.74, 6) is -0.903. The summed E-state index contributed by atoms with van der Waals surface area (Å²) in [7, 11) is 0. The fourth-order valence-electron chi connectivity index (χ4n) is 2.99. The molecule has 0 spiro atoms. The molecule has 3 rings (SSSR count). The summed E-state index contributed by atoms with van der Waals surface area (Å²) >= 11 is 0. The Hall–Kier alpha value is -2.24. The summed E-state index contributed by atoms with van der Waals surface area (Å²) in [6.45, 7) is 7.11. The van der Waals surface area contributed by atoms with Gasteiger partial charge < -0.3 is 9.32 Å². The van der Waals surface area contributed by atoms with Gasteiger partial charge in [-0.15, -0.1) is 0 Å². The zero-order valence-corrected chi connectivity index (χ0v) is 14.7. The van der Waals surface area contributed by atoms with Crippen molar-refractivity contribution in [2.45, 2.75) is 44.9 Å². The number of rotatable bonds is 2. The van der Waals surface area contributed by atoms with Crippen LogP contribution in [0.5, 0.6) is 0 Å². The van der Waals surface area contributed by atoms with Gasteiger partial charge in [0.1, 0.15) is 5.76 Å². The van der Waals surface area contributed by atoms with Crippen molar-refractivity contribution in [1.82, 2.24) is 9.88 Å². The Balaban J connectivity index is 1.66. The molecule has 134 valence electrons. The molecule has 1 fully saturated rings. The van der Waals surface area contributed by atoms with E-state index in [0.717, 1.165) is 11.8 Å². The molecular formula is C19H22F2N2O2. The third-order valence-electron chi connectivity index (χ3n) is 4.58. The van der Waals surface area contributed by atoms with Crippen LogP contribution in [-0.4, -0.2) is 28.9 Å². The van der Waals surface area contributed by atoms with Crippen molar-refractivity contribution >= 4 is 5.91 Å². The van der Waals surface area contributed by atoms with Crippen LogP contribution in [0.2, 0.25) is 0 Å². The van der Waals surface area contributed by atoms with Crippen molar-refractivity contribution < 1.29 is 18.0 Å². The highest BCUT2D eigenvalue weighted by Crippen LogP contribution is 2.31. The zero-order chi connectivity index (χ0) is 18.2. The molecule has 0 atom stereocenters. The summed E-state index contributed by atoms with van der Waals surface area (Å²) < 4.78 is 33.0. The van der Waals surface area contributed by atoms with Crippen LogP contribution in [-0.2, 0) is 5.41 Å². The molecule has 0 unspecified atom stereocenters. The lowest BCUT2D eigenvalue weighted by molar-refractivity contribution is 0.0700. The average Bonchev–Trinajstić information content (AvgIpc) is 3.07. The van der Waals surface area contributed by atoms with E-state index < -0.39 is 17.5 Å². The number of halogens is 2. The van der Waals surface area contributed by atoms with Crippen LogP contribution in [0, 0.1) is 11.6 Å². The average molecular weight is 348 g/mol. The third-order valence-corrected chi connectivity index (χ3v) is 4.58. The van der Waals surface area contributed by atoms with Crippen molar-refractivity contribution in [2.24, 2.45) is 0 Å². The van der Waals surface area contributed by atoms with E-state index in [-0.39, 0.29) is 16.9 Å². The Labute approximate surface area is 145 Å². The summed E-state index contributed by atoms with van der Waals surface area (Å²) in [4.78, 5) is 18.4. The smallest absolute Gasteiger partial charge is 0.256 e. The molecule has 6 heteroatoms. The SMILES string of the molecule is CC(C)(C)c1cnc(C2CCN(C(=O)c3cccc(F)c3F)CC2)o1. The van der Waals surface area contributed by atoms with Crippen molar-refractivity contribution in [1.29, 1.82) is 0 Å². The Morgan fingerprint density at radius 2 is 1.92 bits per heavy atom. The molecule has 0 saturated carbocycles. The van der Waals surface area contributed by atoms with E-state index in [9.17, 15) is 13.6 Å². The number of hydrogen-bond acceptors (Lipinski definition) is 3. The standard InChI is InChI=1S/C19H22F2N2O2/c1-19(2,3)15-11-22-17(25-15)12-7-9-23(10-8-12)18(24)13-5-4-6-14(20)16(13)21/h4-6,11-12H,7-10H2,1-3H3. The molecule has 0 aliphatic carbocycles. The molecule has 1 aliphatic heterocycles. The summed E-state index contributed by atoms with van der Waals surface area (Å²) in [5.41, 5.74) is -0.318. The van der Waals surface area contributed by atoms with Crippen LogP contribution in [0.15, 0.2) is 28.8 Å². The van der Waals surface area contributed by atoms with E-state index in [1.807, 2.05) is 0 Å². The highest BCUT2D eigenvalue weighted by molar-refractivity contribution is 5.94. The maximum Gasteiger partial charge on any atom is 0.256 e. The number of piperidine rings is 1. The van der Waals surface area contributed by atoms with Gasteiger partial charge >= 0.3 is 0 Å². The first kappa shape index (κ1) is 17.6. The maximum atomic E-state index is 13.8. The fourth-order valence-corrected chi connectivity index (χ4v) is 2.99. The number of nitrogens with zero attached hydrogens (tertiary/aromatic N) is 2. The Morgan fingerprint density at radius 1 is 1.24 bits per heavy atom. The Kier molecular flexibility index (Phi) is 4.62. The van der Waals surface area contributed by atoms with Crippen molar-refractivity contribution in [3.05, 3.63) is 53.2 Å². The summed E-state index contributed by atoms with van der Waals surface area (Å²) in [6.07, 6.45) is 3.13. The predicted molar refractivity (Wildman–Crippen MR) is 89.4 cm³/mol. The lowest BCUT2D eigenvalue weighted by atomic mass is 9.94. The van der Waals surface area contributed by atoms with Gasteiger partial charge in [-0.2, -0.15) is 0 Å². The first-order chi connectivity index (χ1) is 11.8. The van der Waals surface area contributed by atoms with Crippen LogP contribution >= 0.6 is 0 Å². The maximum absolute atomic E-state index is 13.8. The number of oxazole rings is 1. The molecule has 1 amide bonds. The second-order valence-corrected chi connectivity index (χ2v) is 7.48. The van der Waals surface area contributed by atoms with E-state index in [2.05, 4.69) is 25.8 Å². The van der Waals surface area contributed by atoms with Crippen LogP contribution in [0.1, 0.15) is 61.5 Å². The quantitative estimate of drug-likeness (QED) is 0.814. The molecule has 1 saturated heterocycles. The number of aromatic nitrogens is 1. The number of benzene rings is 1. The highest BCUT2D eigenvalue weighted by Gasteiger charge is 2.30. The van der Waals surface area contributed by atoms with E-state index >= 15 is 0 Å². The second-order valence-electron chi connectivity index (χ2n) is 7.48. The minimum Gasteiger partial charge on any atom is -0.445 e. The Bertz CT molecular complexity index is 772. The third kappa shape index (κ3) is 3.57. The van der Waals surface area contributed by atoms with Crippen LogP contribution in [0.4, 0.5) is 8.78 Å². The minimum absolute atomic E-state index is 0.100. The van der Waals surface area contributed by atoms with Gasteiger partial charge in [0.25, 0.3) is 5.91 Å². The predicted octanol–water partition coefficient (Wildman–Crippen LogP) is 4.27. The van der Waals surface area contributed by atoms with Gasteiger partial charge in [0, 0.05) is 24.4 Å². The molecule has 1 aromatic heterocycles. The molecule has 1 aliphatic rings. The normalized spacial score (nSPS) is 16.3. The molecule has 0 bridgehead atoms. The molecule has 4 nitrogen and oxygen atoms in total. The molecule has 25 heavy (non-hydrogen) atoms. The summed E-state index contributed by atoms with van der Waals surface area (Å²) in [6, 6.07) is 3.67. The molecular weight excluding hydrogens is 326 g/mol.